The summed E-state index contributed by atoms with van der Waals surface area (Å²) in [6.07, 6.45) is 4.82. The number of carbonyl (C=O) groups is 1. The first-order valence-electron chi connectivity index (χ1n) is 7.09. The summed E-state index contributed by atoms with van der Waals surface area (Å²) in [5, 5.41) is 17.5. The summed E-state index contributed by atoms with van der Waals surface area (Å²) in [6, 6.07) is -0.170. The standard InChI is InChI=1S/C14H18N4O3/c1-8-10-11(15-7-16-12(10)21-18-8)17-9-5-3-4-6-14(9,2)13(19)20/h7,9H,3-6H2,1-2H3,(H,19,20)(H,15,16,17). The van der Waals surface area contributed by atoms with Crippen LogP contribution in [0.1, 0.15) is 38.3 Å². The summed E-state index contributed by atoms with van der Waals surface area (Å²) in [6.45, 7) is 3.61. The molecule has 2 unspecified atom stereocenters. The van der Waals surface area contributed by atoms with Gasteiger partial charge in [0.05, 0.1) is 11.1 Å². The molecule has 1 fully saturated rings. The van der Waals surface area contributed by atoms with Crippen molar-refractivity contribution in [3.05, 3.63) is 12.0 Å². The summed E-state index contributed by atoms with van der Waals surface area (Å²) in [7, 11) is 0. The van der Waals surface area contributed by atoms with Crippen molar-refractivity contribution in [1.29, 1.82) is 0 Å². The Morgan fingerprint density at radius 2 is 2.29 bits per heavy atom. The van der Waals surface area contributed by atoms with Crippen LogP contribution in [-0.2, 0) is 4.79 Å². The molecule has 1 aliphatic carbocycles. The predicted molar refractivity (Wildman–Crippen MR) is 76.0 cm³/mol. The van der Waals surface area contributed by atoms with Crippen molar-refractivity contribution in [2.45, 2.75) is 45.6 Å². The van der Waals surface area contributed by atoms with Gasteiger partial charge >= 0.3 is 5.97 Å². The highest BCUT2D eigenvalue weighted by atomic mass is 16.5. The second-order valence-corrected chi connectivity index (χ2v) is 5.84. The van der Waals surface area contributed by atoms with E-state index in [1.165, 1.54) is 6.33 Å². The number of carboxylic acid groups (broad SMARTS) is 1. The van der Waals surface area contributed by atoms with Gasteiger partial charge in [-0.15, -0.1) is 0 Å². The van der Waals surface area contributed by atoms with E-state index in [0.29, 0.717) is 23.6 Å². The molecular formula is C14H18N4O3. The third kappa shape index (κ3) is 2.22. The molecule has 112 valence electrons. The summed E-state index contributed by atoms with van der Waals surface area (Å²) < 4.78 is 5.12. The van der Waals surface area contributed by atoms with Crippen molar-refractivity contribution in [3.8, 4) is 0 Å². The van der Waals surface area contributed by atoms with Gasteiger partial charge in [0, 0.05) is 6.04 Å². The molecule has 7 nitrogen and oxygen atoms in total. The summed E-state index contributed by atoms with van der Waals surface area (Å²) >= 11 is 0. The molecule has 7 heteroatoms. The second-order valence-electron chi connectivity index (χ2n) is 5.84. The zero-order valence-corrected chi connectivity index (χ0v) is 12.1. The minimum absolute atomic E-state index is 0.170. The molecule has 2 aromatic rings. The lowest BCUT2D eigenvalue weighted by molar-refractivity contribution is -0.150. The number of rotatable bonds is 3. The van der Waals surface area contributed by atoms with Gasteiger partial charge in [-0.25, -0.2) is 4.98 Å². The number of nitrogens with one attached hydrogen (secondary N) is 1. The SMILES string of the molecule is Cc1noc2ncnc(NC3CCCCC3(C)C(=O)O)c12. The second kappa shape index (κ2) is 4.98. The molecule has 0 amide bonds. The quantitative estimate of drug-likeness (QED) is 0.894. The maximum atomic E-state index is 11.7. The van der Waals surface area contributed by atoms with Crippen LogP contribution in [-0.4, -0.2) is 32.2 Å². The summed E-state index contributed by atoms with van der Waals surface area (Å²) in [5.74, 6) is -0.176. The van der Waals surface area contributed by atoms with Crippen LogP contribution in [0, 0.1) is 12.3 Å². The molecule has 1 saturated carbocycles. The topological polar surface area (TPSA) is 101 Å². The monoisotopic (exact) mass is 290 g/mol. The maximum Gasteiger partial charge on any atom is 0.311 e. The van der Waals surface area contributed by atoms with Gasteiger partial charge in [0.1, 0.15) is 17.5 Å². The first-order chi connectivity index (χ1) is 10.0. The number of aryl methyl sites for hydroxylation is 1. The lowest BCUT2D eigenvalue weighted by atomic mass is 9.71. The van der Waals surface area contributed by atoms with E-state index in [-0.39, 0.29) is 6.04 Å². The fraction of sp³-hybridized carbons (Fsp3) is 0.571. The van der Waals surface area contributed by atoms with Gasteiger partial charge in [-0.2, -0.15) is 4.98 Å². The van der Waals surface area contributed by atoms with Crippen LogP contribution in [0.5, 0.6) is 0 Å². The van der Waals surface area contributed by atoms with Crippen LogP contribution in [0.15, 0.2) is 10.9 Å². The van der Waals surface area contributed by atoms with E-state index >= 15 is 0 Å². The van der Waals surface area contributed by atoms with Crippen molar-refractivity contribution in [2.24, 2.45) is 5.41 Å². The number of hydrogen-bond donors (Lipinski definition) is 2. The molecule has 21 heavy (non-hydrogen) atoms. The molecule has 2 aromatic heterocycles. The van der Waals surface area contributed by atoms with E-state index < -0.39 is 11.4 Å². The van der Waals surface area contributed by atoms with E-state index in [4.69, 9.17) is 4.52 Å². The van der Waals surface area contributed by atoms with Crippen LogP contribution in [0.2, 0.25) is 0 Å². The van der Waals surface area contributed by atoms with E-state index in [0.717, 1.165) is 24.6 Å². The average molecular weight is 290 g/mol. The van der Waals surface area contributed by atoms with Crippen LogP contribution in [0.3, 0.4) is 0 Å². The molecule has 0 spiro atoms. The van der Waals surface area contributed by atoms with Crippen molar-refractivity contribution in [2.75, 3.05) is 5.32 Å². The van der Waals surface area contributed by atoms with Gasteiger partial charge < -0.3 is 14.9 Å². The van der Waals surface area contributed by atoms with Gasteiger partial charge in [0.2, 0.25) is 0 Å². The Hall–Kier alpha value is -2.18. The normalized spacial score (nSPS) is 25.9. The fourth-order valence-electron chi connectivity index (χ4n) is 3.02. The maximum absolute atomic E-state index is 11.7. The third-order valence-electron chi connectivity index (χ3n) is 4.45. The minimum Gasteiger partial charge on any atom is -0.481 e. The van der Waals surface area contributed by atoms with E-state index in [1.807, 2.05) is 6.92 Å². The van der Waals surface area contributed by atoms with Gasteiger partial charge in [-0.3, -0.25) is 4.79 Å². The van der Waals surface area contributed by atoms with Crippen LogP contribution in [0.4, 0.5) is 5.82 Å². The Morgan fingerprint density at radius 1 is 1.48 bits per heavy atom. The molecule has 0 aliphatic heterocycles. The zero-order chi connectivity index (χ0) is 15.0. The first kappa shape index (κ1) is 13.8. The minimum atomic E-state index is -0.791. The number of fused-ring (bicyclic) bond motifs is 1. The Balaban J connectivity index is 1.97. The highest BCUT2D eigenvalue weighted by Crippen LogP contribution is 2.38. The number of aliphatic carboxylic acids is 1. The smallest absolute Gasteiger partial charge is 0.311 e. The van der Waals surface area contributed by atoms with Crippen LogP contribution in [0.25, 0.3) is 11.1 Å². The third-order valence-corrected chi connectivity index (χ3v) is 4.45. The first-order valence-corrected chi connectivity index (χ1v) is 7.09. The van der Waals surface area contributed by atoms with Gasteiger partial charge in [-0.05, 0) is 26.7 Å². The number of aromatic nitrogens is 3. The zero-order valence-electron chi connectivity index (χ0n) is 12.1. The van der Waals surface area contributed by atoms with Crippen molar-refractivity contribution in [3.63, 3.8) is 0 Å². The highest BCUT2D eigenvalue weighted by molar-refractivity contribution is 5.87. The number of anilines is 1. The molecule has 3 rings (SSSR count). The van der Waals surface area contributed by atoms with Gasteiger partial charge in [0.25, 0.3) is 5.71 Å². The fourth-order valence-corrected chi connectivity index (χ4v) is 3.02. The molecule has 2 N–H and O–H groups in total. The molecule has 2 atom stereocenters. The largest absolute Gasteiger partial charge is 0.481 e. The molecule has 1 aliphatic rings. The van der Waals surface area contributed by atoms with E-state index in [9.17, 15) is 9.90 Å². The average Bonchev–Trinajstić information content (AvgIpc) is 2.84. The Kier molecular flexibility index (Phi) is 3.27. The summed E-state index contributed by atoms with van der Waals surface area (Å²) in [4.78, 5) is 19.9. The van der Waals surface area contributed by atoms with Crippen LogP contribution >= 0.6 is 0 Å². The lowest BCUT2D eigenvalue weighted by Gasteiger charge is -2.38. The Morgan fingerprint density at radius 3 is 3.05 bits per heavy atom. The molecule has 0 saturated heterocycles. The van der Waals surface area contributed by atoms with E-state index in [2.05, 4.69) is 20.4 Å². The van der Waals surface area contributed by atoms with Crippen LogP contribution < -0.4 is 5.32 Å². The molecule has 0 radical (unpaired) electrons. The number of carboxylic acids is 1. The van der Waals surface area contributed by atoms with Gasteiger partial charge in [-0.1, -0.05) is 18.0 Å². The number of hydrogen-bond acceptors (Lipinski definition) is 6. The van der Waals surface area contributed by atoms with Crippen molar-refractivity contribution >= 4 is 22.9 Å². The number of nitrogens with zero attached hydrogens (tertiary/aromatic N) is 3. The molecule has 0 bridgehead atoms. The highest BCUT2D eigenvalue weighted by Gasteiger charge is 2.43. The Labute approximate surface area is 121 Å². The van der Waals surface area contributed by atoms with Crippen molar-refractivity contribution in [1.82, 2.24) is 15.1 Å². The molecular weight excluding hydrogens is 272 g/mol. The van der Waals surface area contributed by atoms with Gasteiger partial charge in [0.15, 0.2) is 0 Å². The molecule has 0 aromatic carbocycles. The predicted octanol–water partition coefficient (Wildman–Crippen LogP) is 2.37. The Bertz CT molecular complexity index is 684. The molecule has 2 heterocycles. The lowest BCUT2D eigenvalue weighted by Crippen LogP contribution is -2.46. The van der Waals surface area contributed by atoms with E-state index in [1.54, 1.807) is 6.92 Å². The summed E-state index contributed by atoms with van der Waals surface area (Å²) in [5.41, 5.74) is 0.319. The van der Waals surface area contributed by atoms with Crippen molar-refractivity contribution < 1.29 is 14.4 Å².